The molecular weight excluding hydrogens is 346 g/mol. The van der Waals surface area contributed by atoms with Crippen molar-refractivity contribution < 1.29 is 14.7 Å². The van der Waals surface area contributed by atoms with Crippen molar-refractivity contribution in [2.45, 2.75) is 19.1 Å². The maximum Gasteiger partial charge on any atom is 0.150 e. The van der Waals surface area contributed by atoms with Crippen LogP contribution >= 0.6 is 11.3 Å². The molecule has 26 heavy (non-hydrogen) atoms. The number of aliphatic hydroxyl groups excluding tert-OH is 1. The minimum Gasteiger partial charge on any atom is -0.497 e. The number of nitrogens with zero attached hydrogens (tertiary/aromatic N) is 2. The van der Waals surface area contributed by atoms with Crippen LogP contribution < -0.4 is 9.64 Å². The molecule has 0 saturated carbocycles. The zero-order valence-electron chi connectivity index (χ0n) is 15.1. The molecule has 1 aromatic carbocycles. The molecule has 1 unspecified atom stereocenters. The number of quaternary nitrogens is 1. The number of rotatable bonds is 5. The van der Waals surface area contributed by atoms with Gasteiger partial charge in [0.1, 0.15) is 30.6 Å². The molecule has 0 bridgehead atoms. The Morgan fingerprint density at radius 3 is 2.81 bits per heavy atom. The van der Waals surface area contributed by atoms with Gasteiger partial charge in [-0.1, -0.05) is 18.2 Å². The Morgan fingerprint density at radius 2 is 2.12 bits per heavy atom. The molecule has 5 nitrogen and oxygen atoms in total. The van der Waals surface area contributed by atoms with Gasteiger partial charge in [-0.25, -0.2) is 4.98 Å². The second kappa shape index (κ2) is 7.23. The van der Waals surface area contributed by atoms with Crippen molar-refractivity contribution in [2.24, 2.45) is 7.05 Å². The first kappa shape index (κ1) is 17.3. The number of methoxy groups -OCH3 is 1. The third-order valence-electron chi connectivity index (χ3n) is 5.15. The number of hydrogen-bond acceptors (Lipinski definition) is 4. The number of hydrogen-bond donors (Lipinski definition) is 2. The highest BCUT2D eigenvalue weighted by Gasteiger charge is 2.27. The first-order chi connectivity index (χ1) is 12.7. The van der Waals surface area contributed by atoms with Crippen LogP contribution in [0.4, 0.5) is 0 Å². The van der Waals surface area contributed by atoms with Crippen LogP contribution in [0.15, 0.2) is 41.8 Å². The van der Waals surface area contributed by atoms with Crippen LogP contribution in [0.1, 0.15) is 23.1 Å². The molecule has 0 aliphatic carbocycles. The Hall–Kier alpha value is -2.15. The summed E-state index contributed by atoms with van der Waals surface area (Å²) in [6, 6.07) is 11.9. The Bertz CT molecular complexity index is 871. The fraction of sp³-hybridized carbons (Fsp3) is 0.350. The quantitative estimate of drug-likeness (QED) is 0.721. The summed E-state index contributed by atoms with van der Waals surface area (Å²) in [4.78, 5) is 7.48. The summed E-state index contributed by atoms with van der Waals surface area (Å²) in [5.41, 5.74) is 3.43. The van der Waals surface area contributed by atoms with Crippen LogP contribution in [-0.2, 0) is 20.0 Å². The largest absolute Gasteiger partial charge is 0.497 e. The molecule has 0 amide bonds. The molecule has 1 aliphatic heterocycles. The lowest BCUT2D eigenvalue weighted by molar-refractivity contribution is -0.920. The second-order valence-corrected chi connectivity index (χ2v) is 7.73. The van der Waals surface area contributed by atoms with E-state index in [2.05, 4.69) is 29.1 Å². The van der Waals surface area contributed by atoms with Gasteiger partial charge in [0.05, 0.1) is 24.2 Å². The van der Waals surface area contributed by atoms with Gasteiger partial charge in [-0.3, -0.25) is 0 Å². The summed E-state index contributed by atoms with van der Waals surface area (Å²) < 4.78 is 7.42. The molecular formula is C20H24N3O2S+. The lowest BCUT2D eigenvalue weighted by Crippen LogP contribution is -3.12. The molecule has 0 spiro atoms. The van der Waals surface area contributed by atoms with E-state index in [-0.39, 0.29) is 0 Å². The van der Waals surface area contributed by atoms with E-state index >= 15 is 0 Å². The first-order valence-electron chi connectivity index (χ1n) is 8.89. The number of benzene rings is 1. The summed E-state index contributed by atoms with van der Waals surface area (Å²) in [7, 11) is 3.76. The van der Waals surface area contributed by atoms with Gasteiger partial charge in [-0.05, 0) is 29.1 Å². The molecule has 0 radical (unpaired) electrons. The molecule has 0 saturated heterocycles. The normalized spacial score (nSPS) is 17.7. The third kappa shape index (κ3) is 3.28. The SMILES string of the molecule is COc1ccc([C@@H](O)C[NH+]2CCc3c(nc(-c4cccs4)n3C)C2)cc1. The van der Waals surface area contributed by atoms with Crippen LogP contribution in [0.25, 0.3) is 10.7 Å². The summed E-state index contributed by atoms with van der Waals surface area (Å²) in [5.74, 6) is 1.87. The first-order valence-corrected chi connectivity index (χ1v) is 9.77. The predicted molar refractivity (Wildman–Crippen MR) is 103 cm³/mol. The summed E-state index contributed by atoms with van der Waals surface area (Å²) >= 11 is 1.72. The Labute approximate surface area is 157 Å². The van der Waals surface area contributed by atoms with Gasteiger partial charge in [-0.2, -0.15) is 0 Å². The minimum absolute atomic E-state index is 0.474. The Balaban J connectivity index is 1.47. The van der Waals surface area contributed by atoms with Gasteiger partial charge in [0.25, 0.3) is 0 Å². The number of aromatic nitrogens is 2. The van der Waals surface area contributed by atoms with E-state index < -0.39 is 6.10 Å². The summed E-state index contributed by atoms with van der Waals surface area (Å²) in [5, 5.41) is 12.7. The van der Waals surface area contributed by atoms with E-state index in [1.165, 1.54) is 21.2 Å². The van der Waals surface area contributed by atoms with Crippen molar-refractivity contribution in [2.75, 3.05) is 20.2 Å². The zero-order valence-corrected chi connectivity index (χ0v) is 15.9. The minimum atomic E-state index is -0.474. The summed E-state index contributed by atoms with van der Waals surface area (Å²) in [6.45, 7) is 2.57. The van der Waals surface area contributed by atoms with Crippen LogP contribution in [0, 0.1) is 0 Å². The number of aliphatic hydroxyl groups is 1. The van der Waals surface area contributed by atoms with Crippen molar-refractivity contribution in [1.82, 2.24) is 9.55 Å². The molecule has 3 aromatic rings. The van der Waals surface area contributed by atoms with Gasteiger partial charge in [0, 0.05) is 13.5 Å². The number of imidazole rings is 1. The van der Waals surface area contributed by atoms with Gasteiger partial charge in [0.15, 0.2) is 5.82 Å². The molecule has 3 heterocycles. The van der Waals surface area contributed by atoms with Crippen LogP contribution in [0.5, 0.6) is 5.75 Å². The van der Waals surface area contributed by atoms with Gasteiger partial charge in [0.2, 0.25) is 0 Å². The molecule has 2 N–H and O–H groups in total. The van der Waals surface area contributed by atoms with Crippen LogP contribution in [0.3, 0.4) is 0 Å². The molecule has 1 aliphatic rings. The zero-order chi connectivity index (χ0) is 18.1. The Kier molecular flexibility index (Phi) is 4.80. The fourth-order valence-corrected chi connectivity index (χ4v) is 4.43. The molecule has 136 valence electrons. The maximum absolute atomic E-state index is 10.6. The fourth-order valence-electron chi connectivity index (χ4n) is 3.68. The van der Waals surface area contributed by atoms with E-state index in [1.807, 2.05) is 24.3 Å². The third-order valence-corrected chi connectivity index (χ3v) is 6.02. The van der Waals surface area contributed by atoms with E-state index in [0.29, 0.717) is 6.54 Å². The maximum atomic E-state index is 10.6. The molecule has 2 aromatic heterocycles. The lowest BCUT2D eigenvalue weighted by atomic mass is 10.1. The number of nitrogens with one attached hydrogen (secondary N) is 1. The lowest BCUT2D eigenvalue weighted by Gasteiger charge is -2.26. The van der Waals surface area contributed by atoms with Crippen molar-refractivity contribution in [3.63, 3.8) is 0 Å². The number of ether oxygens (including phenoxy) is 1. The highest BCUT2D eigenvalue weighted by atomic mass is 32.1. The number of thiophene rings is 1. The topological polar surface area (TPSA) is 51.7 Å². The average Bonchev–Trinajstić information content (AvgIpc) is 3.30. The van der Waals surface area contributed by atoms with Gasteiger partial charge >= 0.3 is 0 Å². The van der Waals surface area contributed by atoms with E-state index in [1.54, 1.807) is 18.4 Å². The van der Waals surface area contributed by atoms with Crippen LogP contribution in [0.2, 0.25) is 0 Å². The molecule has 2 atom stereocenters. The van der Waals surface area contributed by atoms with Gasteiger partial charge in [-0.15, -0.1) is 11.3 Å². The summed E-state index contributed by atoms with van der Waals surface area (Å²) in [6.07, 6.45) is 0.521. The average molecular weight is 370 g/mol. The van der Waals surface area contributed by atoms with Crippen molar-refractivity contribution in [3.05, 3.63) is 58.7 Å². The molecule has 6 heteroatoms. The highest BCUT2D eigenvalue weighted by Crippen LogP contribution is 2.26. The van der Waals surface area contributed by atoms with E-state index in [0.717, 1.165) is 36.6 Å². The van der Waals surface area contributed by atoms with Crippen molar-refractivity contribution in [1.29, 1.82) is 0 Å². The molecule has 4 rings (SSSR count). The monoisotopic (exact) mass is 370 g/mol. The standard InChI is InChI=1S/C20H23N3O2S/c1-22-17-9-10-23(12-16(17)21-20(22)19-4-3-11-26-19)13-18(24)14-5-7-15(25-2)8-6-14/h3-8,11,18,24H,9-10,12-13H2,1-2H3/p+1/t18-/m0/s1. The predicted octanol–water partition coefficient (Wildman–Crippen LogP) is 1.83. The van der Waals surface area contributed by atoms with E-state index in [4.69, 9.17) is 9.72 Å². The van der Waals surface area contributed by atoms with Crippen molar-refractivity contribution >= 4 is 11.3 Å². The molecule has 0 fully saturated rings. The highest BCUT2D eigenvalue weighted by molar-refractivity contribution is 7.13. The van der Waals surface area contributed by atoms with Crippen molar-refractivity contribution in [3.8, 4) is 16.5 Å². The number of fused-ring (bicyclic) bond motifs is 1. The van der Waals surface area contributed by atoms with Gasteiger partial charge < -0.3 is 19.3 Å². The second-order valence-electron chi connectivity index (χ2n) is 6.78. The van der Waals surface area contributed by atoms with E-state index in [9.17, 15) is 5.11 Å². The smallest absolute Gasteiger partial charge is 0.150 e. The Morgan fingerprint density at radius 1 is 1.31 bits per heavy atom. The van der Waals surface area contributed by atoms with Crippen LogP contribution in [-0.4, -0.2) is 34.9 Å².